The van der Waals surface area contributed by atoms with Crippen LogP contribution in [0.5, 0.6) is 0 Å². The van der Waals surface area contributed by atoms with Crippen LogP contribution in [0.3, 0.4) is 0 Å². The molecule has 31 heavy (non-hydrogen) atoms. The highest BCUT2D eigenvalue weighted by Crippen LogP contribution is 2.24. The fraction of sp³-hybridized carbons (Fsp3) is 0.500. The number of aliphatic imine (C=N–C) groups is 1. The molecule has 2 aromatic rings. The number of nitrogens with one attached hydrogen (secondary N) is 2. The maximum atomic E-state index is 12.7. The molecule has 7 nitrogen and oxygen atoms in total. The van der Waals surface area contributed by atoms with Crippen LogP contribution in [0.4, 0.5) is 0 Å². The maximum Gasteiger partial charge on any atom is 0.242 e. The first-order valence-corrected chi connectivity index (χ1v) is 11.2. The Morgan fingerprint density at radius 2 is 1.90 bits per heavy atom. The van der Waals surface area contributed by atoms with Gasteiger partial charge >= 0.3 is 0 Å². The van der Waals surface area contributed by atoms with Crippen LogP contribution in [0, 0.1) is 0 Å². The summed E-state index contributed by atoms with van der Waals surface area (Å²) in [6.07, 6.45) is 5.45. The molecule has 168 valence electrons. The number of furan rings is 1. The highest BCUT2D eigenvalue weighted by molar-refractivity contribution is 5.86. The lowest BCUT2D eigenvalue weighted by Crippen LogP contribution is -2.47. The number of amides is 1. The second-order valence-electron chi connectivity index (χ2n) is 7.83. The molecule has 1 aromatic carbocycles. The van der Waals surface area contributed by atoms with Gasteiger partial charge in [-0.15, -0.1) is 0 Å². The third kappa shape index (κ3) is 6.85. The highest BCUT2D eigenvalue weighted by atomic mass is 16.3. The van der Waals surface area contributed by atoms with Gasteiger partial charge in [-0.1, -0.05) is 36.8 Å². The largest absolute Gasteiger partial charge is 0.468 e. The Bertz CT molecular complexity index is 801. The van der Waals surface area contributed by atoms with Crippen LogP contribution >= 0.6 is 0 Å². The molecule has 1 atom stereocenters. The molecule has 2 N–H and O–H groups in total. The van der Waals surface area contributed by atoms with Gasteiger partial charge in [0, 0.05) is 26.7 Å². The van der Waals surface area contributed by atoms with Crippen LogP contribution in [-0.2, 0) is 11.3 Å². The number of hydrogen-bond acceptors (Lipinski definition) is 4. The molecule has 2 heterocycles. The summed E-state index contributed by atoms with van der Waals surface area (Å²) < 4.78 is 5.71. The number of hydrogen-bond donors (Lipinski definition) is 2. The van der Waals surface area contributed by atoms with Gasteiger partial charge in [0.1, 0.15) is 5.76 Å². The van der Waals surface area contributed by atoms with E-state index in [1.807, 2.05) is 54.3 Å². The van der Waals surface area contributed by atoms with E-state index in [2.05, 4.69) is 20.5 Å². The predicted molar refractivity (Wildman–Crippen MR) is 124 cm³/mol. The van der Waals surface area contributed by atoms with E-state index in [0.717, 1.165) is 24.4 Å². The second-order valence-corrected chi connectivity index (χ2v) is 7.83. The van der Waals surface area contributed by atoms with Crippen molar-refractivity contribution in [3.8, 4) is 0 Å². The van der Waals surface area contributed by atoms with Gasteiger partial charge in [0.25, 0.3) is 0 Å². The molecule has 0 spiro atoms. The zero-order valence-electron chi connectivity index (χ0n) is 18.7. The molecule has 1 unspecified atom stereocenters. The first kappa shape index (κ1) is 22.9. The van der Waals surface area contributed by atoms with Crippen molar-refractivity contribution in [2.24, 2.45) is 4.99 Å². The summed E-state index contributed by atoms with van der Waals surface area (Å²) in [5.41, 5.74) is 1.13. The van der Waals surface area contributed by atoms with Gasteiger partial charge in [-0.25, -0.2) is 0 Å². The predicted octanol–water partition coefficient (Wildman–Crippen LogP) is 3.02. The quantitative estimate of drug-likeness (QED) is 0.477. The average Bonchev–Trinajstić information content (AvgIpc) is 3.35. The van der Waals surface area contributed by atoms with E-state index in [4.69, 9.17) is 4.42 Å². The Morgan fingerprint density at radius 1 is 1.13 bits per heavy atom. The maximum absolute atomic E-state index is 12.7. The lowest BCUT2D eigenvalue weighted by atomic mass is 10.1. The molecule has 0 bridgehead atoms. The molecule has 0 aliphatic carbocycles. The SMILES string of the molecule is CCN(Cc1ccccc1)C(=O)CNC(=NC)NCC(c1ccco1)N1CCCCC1. The molecule has 1 aromatic heterocycles. The van der Waals surface area contributed by atoms with Crippen molar-refractivity contribution in [3.63, 3.8) is 0 Å². The van der Waals surface area contributed by atoms with E-state index in [1.54, 1.807) is 13.3 Å². The fourth-order valence-corrected chi connectivity index (χ4v) is 3.99. The van der Waals surface area contributed by atoms with Crippen LogP contribution in [-0.4, -0.2) is 61.4 Å². The van der Waals surface area contributed by atoms with E-state index in [-0.39, 0.29) is 18.5 Å². The first-order chi connectivity index (χ1) is 15.2. The molecule has 1 amide bonds. The van der Waals surface area contributed by atoms with Crippen LogP contribution in [0.1, 0.15) is 43.6 Å². The Kier molecular flexibility index (Phi) is 8.97. The molecule has 1 saturated heterocycles. The third-order valence-electron chi connectivity index (χ3n) is 5.75. The van der Waals surface area contributed by atoms with Crippen molar-refractivity contribution in [1.29, 1.82) is 0 Å². The molecule has 3 rings (SSSR count). The number of rotatable bonds is 9. The highest BCUT2D eigenvalue weighted by Gasteiger charge is 2.24. The van der Waals surface area contributed by atoms with Gasteiger partial charge in [-0.2, -0.15) is 0 Å². The molecular weight excluding hydrogens is 390 g/mol. The van der Waals surface area contributed by atoms with Gasteiger partial charge in [0.2, 0.25) is 5.91 Å². The van der Waals surface area contributed by atoms with E-state index >= 15 is 0 Å². The number of carbonyl (C=O) groups is 1. The van der Waals surface area contributed by atoms with Crippen molar-refractivity contribution in [1.82, 2.24) is 20.4 Å². The minimum absolute atomic E-state index is 0.0490. The normalized spacial score (nSPS) is 16.0. The summed E-state index contributed by atoms with van der Waals surface area (Å²) in [6, 6.07) is 14.2. The van der Waals surface area contributed by atoms with E-state index in [9.17, 15) is 4.79 Å². The average molecular weight is 426 g/mol. The minimum Gasteiger partial charge on any atom is -0.468 e. The number of likely N-dealkylation sites (tertiary alicyclic amines) is 1. The Morgan fingerprint density at radius 3 is 2.55 bits per heavy atom. The number of piperidine rings is 1. The number of guanidine groups is 1. The summed E-state index contributed by atoms with van der Waals surface area (Å²) in [7, 11) is 1.73. The van der Waals surface area contributed by atoms with Gasteiger partial charge in [-0.3, -0.25) is 14.7 Å². The molecule has 0 saturated carbocycles. The van der Waals surface area contributed by atoms with Crippen molar-refractivity contribution < 1.29 is 9.21 Å². The van der Waals surface area contributed by atoms with Crippen LogP contribution in [0.2, 0.25) is 0 Å². The summed E-state index contributed by atoms with van der Waals surface area (Å²) >= 11 is 0. The summed E-state index contributed by atoms with van der Waals surface area (Å²) in [4.78, 5) is 21.3. The molecule has 1 fully saturated rings. The van der Waals surface area contributed by atoms with Gasteiger partial charge < -0.3 is 20.0 Å². The zero-order chi connectivity index (χ0) is 21.9. The van der Waals surface area contributed by atoms with Gasteiger partial charge in [0.05, 0.1) is 18.8 Å². The number of carbonyl (C=O) groups excluding carboxylic acids is 1. The van der Waals surface area contributed by atoms with Crippen LogP contribution < -0.4 is 10.6 Å². The van der Waals surface area contributed by atoms with E-state index < -0.39 is 0 Å². The van der Waals surface area contributed by atoms with Crippen LogP contribution in [0.25, 0.3) is 0 Å². The Labute approximate surface area is 185 Å². The first-order valence-electron chi connectivity index (χ1n) is 11.2. The minimum atomic E-state index is 0.0490. The topological polar surface area (TPSA) is 73.1 Å². The molecule has 7 heteroatoms. The Balaban J connectivity index is 1.52. The molecule has 0 radical (unpaired) electrons. The third-order valence-corrected chi connectivity index (χ3v) is 5.75. The number of nitrogens with zero attached hydrogens (tertiary/aromatic N) is 3. The standard InChI is InChI=1S/C24H35N5O2/c1-3-28(19-20-11-6-4-7-12-20)23(30)18-27-24(25-2)26-17-21(22-13-10-16-31-22)29-14-8-5-9-15-29/h4,6-7,10-13,16,21H,3,5,8-9,14-15,17-19H2,1-2H3,(H2,25,26,27). The number of likely N-dealkylation sites (N-methyl/N-ethyl adjacent to an activating group) is 1. The van der Waals surface area contributed by atoms with Crippen LogP contribution in [0.15, 0.2) is 58.1 Å². The lowest BCUT2D eigenvalue weighted by molar-refractivity contribution is -0.130. The van der Waals surface area contributed by atoms with Crippen molar-refractivity contribution in [2.75, 3.05) is 39.8 Å². The van der Waals surface area contributed by atoms with E-state index in [1.165, 1.54) is 19.3 Å². The number of benzene rings is 1. The molecular formula is C24H35N5O2. The Hall–Kier alpha value is -2.80. The van der Waals surface area contributed by atoms with E-state index in [0.29, 0.717) is 25.6 Å². The lowest BCUT2D eigenvalue weighted by Gasteiger charge is -2.33. The summed E-state index contributed by atoms with van der Waals surface area (Å²) in [5.74, 6) is 1.63. The van der Waals surface area contributed by atoms with Crippen molar-refractivity contribution >= 4 is 11.9 Å². The van der Waals surface area contributed by atoms with Gasteiger partial charge in [-0.05, 0) is 50.6 Å². The summed E-state index contributed by atoms with van der Waals surface area (Å²) in [5, 5.41) is 6.56. The van der Waals surface area contributed by atoms with Crippen molar-refractivity contribution in [3.05, 3.63) is 60.1 Å². The summed E-state index contributed by atoms with van der Waals surface area (Å²) in [6.45, 7) is 6.29. The monoisotopic (exact) mass is 425 g/mol. The van der Waals surface area contributed by atoms with Crippen molar-refractivity contribution in [2.45, 2.75) is 38.8 Å². The van der Waals surface area contributed by atoms with Gasteiger partial charge in [0.15, 0.2) is 5.96 Å². The zero-order valence-corrected chi connectivity index (χ0v) is 18.7. The smallest absolute Gasteiger partial charge is 0.242 e. The second kappa shape index (κ2) is 12.2. The molecule has 1 aliphatic heterocycles. The molecule has 1 aliphatic rings. The fourth-order valence-electron chi connectivity index (χ4n) is 3.99.